The second-order valence-corrected chi connectivity index (χ2v) is 2.36. The van der Waals surface area contributed by atoms with Crippen molar-refractivity contribution in [2.75, 3.05) is 20.6 Å². The molecule has 0 N–H and O–H groups in total. The molecule has 46 valence electrons. The molecule has 0 aromatic carbocycles. The van der Waals surface area contributed by atoms with Crippen LogP contribution in [0.3, 0.4) is 0 Å². The van der Waals surface area contributed by atoms with Gasteiger partial charge < -0.3 is 5.01 Å². The molecule has 0 saturated carbocycles. The van der Waals surface area contributed by atoms with Crippen molar-refractivity contribution in [1.29, 1.82) is 0 Å². The summed E-state index contributed by atoms with van der Waals surface area (Å²) >= 11 is 0. The lowest BCUT2D eigenvalue weighted by Crippen LogP contribution is -2.27. The first-order valence-corrected chi connectivity index (χ1v) is 2.81. The SMILES string of the molecule is CC1=CN(C)N(C)C1. The fourth-order valence-electron chi connectivity index (χ4n) is 0.931. The maximum Gasteiger partial charge on any atom is 0.0402 e. The van der Waals surface area contributed by atoms with Crippen LogP contribution in [-0.4, -0.2) is 30.7 Å². The van der Waals surface area contributed by atoms with E-state index in [-0.39, 0.29) is 0 Å². The molecule has 0 aromatic rings. The Labute approximate surface area is 50.4 Å². The molecule has 0 spiro atoms. The van der Waals surface area contributed by atoms with E-state index in [1.807, 2.05) is 0 Å². The molecule has 0 aliphatic carbocycles. The highest BCUT2D eigenvalue weighted by atomic mass is 15.6. The van der Waals surface area contributed by atoms with E-state index < -0.39 is 0 Å². The van der Waals surface area contributed by atoms with Gasteiger partial charge in [0.1, 0.15) is 0 Å². The van der Waals surface area contributed by atoms with Crippen LogP contribution in [0.15, 0.2) is 11.8 Å². The molecule has 0 radical (unpaired) electrons. The molecule has 2 heteroatoms. The van der Waals surface area contributed by atoms with Crippen molar-refractivity contribution in [1.82, 2.24) is 10.0 Å². The number of rotatable bonds is 0. The molecule has 0 bridgehead atoms. The van der Waals surface area contributed by atoms with Gasteiger partial charge in [0.15, 0.2) is 0 Å². The summed E-state index contributed by atoms with van der Waals surface area (Å²) in [6.45, 7) is 3.22. The molecular weight excluding hydrogens is 100 g/mol. The van der Waals surface area contributed by atoms with Crippen molar-refractivity contribution in [2.24, 2.45) is 0 Å². The van der Waals surface area contributed by atoms with Crippen LogP contribution in [0, 0.1) is 0 Å². The highest BCUT2D eigenvalue weighted by Crippen LogP contribution is 2.08. The van der Waals surface area contributed by atoms with Gasteiger partial charge in [-0.2, -0.15) is 0 Å². The molecule has 1 aliphatic heterocycles. The van der Waals surface area contributed by atoms with Crippen LogP contribution in [0.1, 0.15) is 6.92 Å². The van der Waals surface area contributed by atoms with Crippen molar-refractivity contribution in [3.05, 3.63) is 11.8 Å². The molecular formula is C6H12N2. The van der Waals surface area contributed by atoms with Gasteiger partial charge in [-0.25, -0.2) is 5.01 Å². The Hall–Kier alpha value is -0.500. The average Bonchev–Trinajstić information content (AvgIpc) is 1.85. The number of likely N-dealkylation sites (N-methyl/N-ethyl adjacent to an activating group) is 1. The maximum atomic E-state index is 2.16. The van der Waals surface area contributed by atoms with E-state index in [1.165, 1.54) is 5.57 Å². The number of hydrogen-bond donors (Lipinski definition) is 0. The van der Waals surface area contributed by atoms with Crippen LogP contribution in [-0.2, 0) is 0 Å². The van der Waals surface area contributed by atoms with Gasteiger partial charge in [-0.3, -0.25) is 0 Å². The van der Waals surface area contributed by atoms with Crippen LogP contribution in [0.4, 0.5) is 0 Å². The van der Waals surface area contributed by atoms with Gasteiger partial charge in [-0.1, -0.05) is 0 Å². The second-order valence-electron chi connectivity index (χ2n) is 2.36. The smallest absolute Gasteiger partial charge is 0.0402 e. The summed E-state index contributed by atoms with van der Waals surface area (Å²) < 4.78 is 0. The lowest BCUT2D eigenvalue weighted by atomic mass is 10.3. The Morgan fingerprint density at radius 3 is 2.25 bits per heavy atom. The molecule has 0 fully saturated rings. The summed E-state index contributed by atoms with van der Waals surface area (Å²) in [7, 11) is 4.13. The molecule has 0 atom stereocenters. The van der Waals surface area contributed by atoms with E-state index in [9.17, 15) is 0 Å². The quantitative estimate of drug-likeness (QED) is 0.454. The summed E-state index contributed by atoms with van der Waals surface area (Å²) in [4.78, 5) is 0. The second kappa shape index (κ2) is 1.78. The fraction of sp³-hybridized carbons (Fsp3) is 0.667. The van der Waals surface area contributed by atoms with Crippen LogP contribution >= 0.6 is 0 Å². The van der Waals surface area contributed by atoms with Crippen molar-refractivity contribution in [3.63, 3.8) is 0 Å². The van der Waals surface area contributed by atoms with Crippen LogP contribution in [0.25, 0.3) is 0 Å². The highest BCUT2D eigenvalue weighted by molar-refractivity contribution is 5.03. The maximum absolute atomic E-state index is 2.16. The topological polar surface area (TPSA) is 6.48 Å². The minimum Gasteiger partial charge on any atom is -0.316 e. The van der Waals surface area contributed by atoms with Gasteiger partial charge >= 0.3 is 0 Å². The minimum atomic E-state index is 1.08. The largest absolute Gasteiger partial charge is 0.316 e. The molecule has 0 amide bonds. The number of hydrogen-bond acceptors (Lipinski definition) is 2. The Morgan fingerprint density at radius 2 is 2.12 bits per heavy atom. The lowest BCUT2D eigenvalue weighted by molar-refractivity contribution is 0.116. The van der Waals surface area contributed by atoms with Crippen LogP contribution < -0.4 is 0 Å². The molecule has 0 saturated heterocycles. The van der Waals surface area contributed by atoms with E-state index in [0.717, 1.165) is 6.54 Å². The van der Waals surface area contributed by atoms with Crippen molar-refractivity contribution in [2.45, 2.75) is 6.92 Å². The van der Waals surface area contributed by atoms with Crippen molar-refractivity contribution < 1.29 is 0 Å². The summed E-state index contributed by atoms with van der Waals surface area (Å²) in [5.41, 5.74) is 1.43. The zero-order chi connectivity index (χ0) is 6.15. The van der Waals surface area contributed by atoms with Gasteiger partial charge in [0.25, 0.3) is 0 Å². The fourth-order valence-corrected chi connectivity index (χ4v) is 0.931. The zero-order valence-corrected chi connectivity index (χ0v) is 5.68. The average molecular weight is 112 g/mol. The highest BCUT2D eigenvalue weighted by Gasteiger charge is 2.09. The zero-order valence-electron chi connectivity index (χ0n) is 5.68. The third-order valence-corrected chi connectivity index (χ3v) is 1.42. The van der Waals surface area contributed by atoms with E-state index in [2.05, 4.69) is 37.2 Å². The minimum absolute atomic E-state index is 1.08. The van der Waals surface area contributed by atoms with Gasteiger partial charge in [-0.15, -0.1) is 0 Å². The summed E-state index contributed by atoms with van der Waals surface area (Å²) in [5, 5.41) is 4.25. The number of nitrogens with zero attached hydrogens (tertiary/aromatic N) is 2. The molecule has 0 aromatic heterocycles. The Kier molecular flexibility index (Phi) is 1.26. The van der Waals surface area contributed by atoms with E-state index in [0.29, 0.717) is 0 Å². The summed E-state index contributed by atoms with van der Waals surface area (Å²) in [5.74, 6) is 0. The van der Waals surface area contributed by atoms with Gasteiger partial charge in [-0.05, 0) is 12.5 Å². The Bertz CT molecular complexity index is 118. The first kappa shape index (κ1) is 5.63. The standard InChI is InChI=1S/C6H12N2/c1-6-4-7(2)8(3)5-6/h4H,5H2,1-3H3. The molecule has 2 nitrogen and oxygen atoms in total. The summed E-state index contributed by atoms with van der Waals surface area (Å²) in [6.07, 6.45) is 2.14. The van der Waals surface area contributed by atoms with Gasteiger partial charge in [0.05, 0.1) is 0 Å². The molecule has 1 heterocycles. The predicted molar refractivity (Wildman–Crippen MR) is 34.1 cm³/mol. The van der Waals surface area contributed by atoms with Gasteiger partial charge in [0.2, 0.25) is 0 Å². The third kappa shape index (κ3) is 0.842. The van der Waals surface area contributed by atoms with Gasteiger partial charge in [0, 0.05) is 26.8 Å². The molecule has 8 heavy (non-hydrogen) atoms. The lowest BCUT2D eigenvalue weighted by Gasteiger charge is -2.18. The monoisotopic (exact) mass is 112 g/mol. The molecule has 1 rings (SSSR count). The third-order valence-electron chi connectivity index (χ3n) is 1.42. The van der Waals surface area contributed by atoms with E-state index in [4.69, 9.17) is 0 Å². The Balaban J connectivity index is 2.56. The van der Waals surface area contributed by atoms with Crippen molar-refractivity contribution >= 4 is 0 Å². The van der Waals surface area contributed by atoms with Crippen LogP contribution in [0.5, 0.6) is 0 Å². The first-order valence-electron chi connectivity index (χ1n) is 2.81. The van der Waals surface area contributed by atoms with Crippen LogP contribution in [0.2, 0.25) is 0 Å². The normalized spacial score (nSPS) is 21.9. The molecule has 0 unspecified atom stereocenters. The summed E-state index contributed by atoms with van der Waals surface area (Å²) in [6, 6.07) is 0. The first-order chi connectivity index (χ1) is 3.70. The van der Waals surface area contributed by atoms with Crippen molar-refractivity contribution in [3.8, 4) is 0 Å². The number of hydrazine groups is 1. The molecule has 1 aliphatic rings. The van der Waals surface area contributed by atoms with E-state index >= 15 is 0 Å². The van der Waals surface area contributed by atoms with E-state index in [1.54, 1.807) is 0 Å². The Morgan fingerprint density at radius 1 is 1.50 bits per heavy atom. The predicted octanol–water partition coefficient (Wildman–Crippen LogP) is 0.682.